The van der Waals surface area contributed by atoms with E-state index in [0.29, 0.717) is 37.7 Å². The molecule has 3 unspecified atom stereocenters. The smallest absolute Gasteiger partial charge is 0.342 e. The Kier molecular flexibility index (Phi) is 8.64. The number of phenolic OH excluding ortho intramolecular Hbond substituents is 1. The first-order chi connectivity index (χ1) is 15.5. The summed E-state index contributed by atoms with van der Waals surface area (Å²) < 4.78 is 11.9. The molecule has 3 rings (SSSR count). The van der Waals surface area contributed by atoms with Crippen LogP contribution in [0.15, 0.2) is 54.8 Å². The van der Waals surface area contributed by atoms with Crippen molar-refractivity contribution < 1.29 is 29.3 Å². The average molecular weight is 442 g/mol. The summed E-state index contributed by atoms with van der Waals surface area (Å²) in [7, 11) is 0. The van der Waals surface area contributed by atoms with Crippen molar-refractivity contribution in [2.45, 2.75) is 69.9 Å². The van der Waals surface area contributed by atoms with Crippen molar-refractivity contribution in [1.29, 1.82) is 0 Å². The van der Waals surface area contributed by atoms with Gasteiger partial charge in [0.15, 0.2) is 0 Å². The zero-order valence-electron chi connectivity index (χ0n) is 18.3. The van der Waals surface area contributed by atoms with E-state index in [9.17, 15) is 19.8 Å². The summed E-state index contributed by atoms with van der Waals surface area (Å²) in [6.07, 6.45) is 11.7. The van der Waals surface area contributed by atoms with E-state index >= 15 is 0 Å². The molecular formula is C25H31NO6. The topological polar surface area (TPSA) is 105 Å². The van der Waals surface area contributed by atoms with Gasteiger partial charge in [-0.3, -0.25) is 4.79 Å². The Bertz CT molecular complexity index is 890. The number of carbonyl (C=O) groups is 2. The summed E-state index contributed by atoms with van der Waals surface area (Å²) in [5.41, 5.74) is 0.780. The Morgan fingerprint density at radius 1 is 1.19 bits per heavy atom. The SMILES string of the molecule is CCC=C/C=C\C(=O)N/C=C/CC1CC2CC(O)C[C@H](Cc3cccc(O)c3C(=O)O1)O2. The average Bonchev–Trinajstić information content (AvgIpc) is 2.73. The van der Waals surface area contributed by atoms with Crippen molar-refractivity contribution in [3.8, 4) is 5.75 Å². The number of cyclic esters (lactones) is 1. The van der Waals surface area contributed by atoms with Gasteiger partial charge in [0.1, 0.15) is 17.4 Å². The quantitative estimate of drug-likeness (QED) is 0.355. The second-order valence-corrected chi connectivity index (χ2v) is 8.13. The largest absolute Gasteiger partial charge is 0.507 e. The maximum Gasteiger partial charge on any atom is 0.342 e. The monoisotopic (exact) mass is 441 g/mol. The number of allylic oxidation sites excluding steroid dienone is 3. The second kappa shape index (κ2) is 11.6. The molecule has 0 saturated carbocycles. The molecule has 3 N–H and O–H groups in total. The molecule has 0 spiro atoms. The minimum absolute atomic E-state index is 0.133. The third-order valence-electron chi connectivity index (χ3n) is 5.51. The van der Waals surface area contributed by atoms with Crippen LogP contribution in [0.4, 0.5) is 0 Å². The number of rotatable bonds is 6. The molecule has 2 aliphatic heterocycles. The first kappa shape index (κ1) is 23.8. The molecule has 7 heteroatoms. The standard InChI is InChI=1S/C25H31NO6/c1-2-3-4-5-11-23(29)26-12-7-9-19-16-21-15-18(27)14-20(31-21)13-17-8-6-10-22(28)24(17)25(30)32-19/h3-8,10-12,18-21,27-28H,2,9,13-16H2,1H3,(H,26,29)/b4-3?,11-5-,12-7+/t18?,19?,20-,21?/m0/s1. The van der Waals surface area contributed by atoms with E-state index in [1.165, 1.54) is 18.3 Å². The third kappa shape index (κ3) is 6.80. The van der Waals surface area contributed by atoms with Gasteiger partial charge in [0.05, 0.1) is 18.3 Å². The molecule has 0 aromatic heterocycles. The van der Waals surface area contributed by atoms with Crippen LogP contribution in [0.3, 0.4) is 0 Å². The highest BCUT2D eigenvalue weighted by atomic mass is 16.5. The first-order valence-corrected chi connectivity index (χ1v) is 11.1. The Hall–Kier alpha value is -2.90. The molecule has 172 valence electrons. The highest BCUT2D eigenvalue weighted by molar-refractivity contribution is 5.94. The number of carbonyl (C=O) groups excluding carboxylic acids is 2. The Morgan fingerprint density at radius 3 is 2.81 bits per heavy atom. The summed E-state index contributed by atoms with van der Waals surface area (Å²) in [5.74, 6) is -0.969. The molecule has 1 aromatic carbocycles. The molecule has 1 fully saturated rings. The number of phenols is 1. The van der Waals surface area contributed by atoms with Crippen LogP contribution < -0.4 is 5.32 Å². The van der Waals surface area contributed by atoms with Crippen molar-refractivity contribution >= 4 is 11.9 Å². The van der Waals surface area contributed by atoms with Crippen molar-refractivity contribution in [3.63, 3.8) is 0 Å². The van der Waals surface area contributed by atoms with Gasteiger partial charge in [-0.05, 0) is 37.3 Å². The maximum atomic E-state index is 12.9. The summed E-state index contributed by atoms with van der Waals surface area (Å²) >= 11 is 0. The predicted molar refractivity (Wildman–Crippen MR) is 120 cm³/mol. The third-order valence-corrected chi connectivity index (χ3v) is 5.51. The summed E-state index contributed by atoms with van der Waals surface area (Å²) in [6, 6.07) is 4.91. The first-order valence-electron chi connectivity index (χ1n) is 11.1. The molecule has 1 saturated heterocycles. The highest BCUT2D eigenvalue weighted by Gasteiger charge is 2.34. The zero-order valence-corrected chi connectivity index (χ0v) is 18.3. The van der Waals surface area contributed by atoms with E-state index in [1.807, 2.05) is 19.1 Å². The molecular weight excluding hydrogens is 410 g/mol. The number of esters is 1. The number of nitrogens with one attached hydrogen (secondary N) is 1. The Balaban J connectivity index is 1.70. The molecule has 2 heterocycles. The molecule has 0 aliphatic carbocycles. The molecule has 7 nitrogen and oxygen atoms in total. The lowest BCUT2D eigenvalue weighted by Gasteiger charge is -2.36. The van der Waals surface area contributed by atoms with Gasteiger partial charge in [-0.15, -0.1) is 0 Å². The second-order valence-electron chi connectivity index (χ2n) is 8.13. The normalized spacial score (nSPS) is 26.2. The van der Waals surface area contributed by atoms with E-state index in [2.05, 4.69) is 5.32 Å². The molecule has 0 radical (unpaired) electrons. The minimum atomic E-state index is -0.577. The predicted octanol–water partition coefficient (Wildman–Crippen LogP) is 3.31. The summed E-state index contributed by atoms with van der Waals surface area (Å²) in [4.78, 5) is 24.7. The molecule has 1 aromatic rings. The van der Waals surface area contributed by atoms with E-state index in [1.54, 1.807) is 24.3 Å². The van der Waals surface area contributed by atoms with Crippen LogP contribution in [0.2, 0.25) is 0 Å². The Morgan fingerprint density at radius 2 is 2.00 bits per heavy atom. The van der Waals surface area contributed by atoms with Crippen LogP contribution in [0.25, 0.3) is 0 Å². The van der Waals surface area contributed by atoms with Crippen LogP contribution in [-0.2, 0) is 20.7 Å². The van der Waals surface area contributed by atoms with Gasteiger partial charge in [-0.2, -0.15) is 0 Å². The van der Waals surface area contributed by atoms with Gasteiger partial charge in [-0.25, -0.2) is 4.79 Å². The van der Waals surface area contributed by atoms with Crippen LogP contribution >= 0.6 is 0 Å². The summed E-state index contributed by atoms with van der Waals surface area (Å²) in [6.45, 7) is 2.01. The van der Waals surface area contributed by atoms with Crippen molar-refractivity contribution in [2.24, 2.45) is 0 Å². The van der Waals surface area contributed by atoms with Gasteiger partial charge in [0.25, 0.3) is 0 Å². The molecule has 32 heavy (non-hydrogen) atoms. The van der Waals surface area contributed by atoms with E-state index in [4.69, 9.17) is 9.47 Å². The number of hydrogen-bond acceptors (Lipinski definition) is 6. The van der Waals surface area contributed by atoms with Crippen molar-refractivity contribution in [2.75, 3.05) is 0 Å². The van der Waals surface area contributed by atoms with Gasteiger partial charge < -0.3 is 25.0 Å². The summed E-state index contributed by atoms with van der Waals surface area (Å²) in [5, 5.41) is 23.2. The number of aromatic hydroxyl groups is 1. The van der Waals surface area contributed by atoms with Crippen LogP contribution in [0.1, 0.15) is 54.9 Å². The van der Waals surface area contributed by atoms with Gasteiger partial charge in [0, 0.05) is 25.1 Å². The maximum absolute atomic E-state index is 12.9. The van der Waals surface area contributed by atoms with E-state index < -0.39 is 18.2 Å². The molecule has 2 aliphatic rings. The number of aliphatic hydroxyl groups excluding tert-OH is 1. The lowest BCUT2D eigenvalue weighted by atomic mass is 9.91. The minimum Gasteiger partial charge on any atom is -0.507 e. The lowest BCUT2D eigenvalue weighted by molar-refractivity contribution is -0.115. The fraction of sp³-hybridized carbons (Fsp3) is 0.440. The number of fused-ring (bicyclic) bond motifs is 3. The lowest BCUT2D eigenvalue weighted by Crippen LogP contribution is -2.40. The van der Waals surface area contributed by atoms with Crippen molar-refractivity contribution in [3.05, 3.63) is 65.9 Å². The van der Waals surface area contributed by atoms with E-state index in [0.717, 1.165) is 6.42 Å². The number of hydrogen-bond donors (Lipinski definition) is 3. The Labute approximate surface area is 188 Å². The number of aliphatic hydroxyl groups is 1. The van der Waals surface area contributed by atoms with Crippen LogP contribution in [0.5, 0.6) is 5.75 Å². The fourth-order valence-corrected chi connectivity index (χ4v) is 4.07. The number of ether oxygens (including phenoxy) is 2. The zero-order chi connectivity index (χ0) is 22.9. The fourth-order valence-electron chi connectivity index (χ4n) is 4.07. The van der Waals surface area contributed by atoms with Gasteiger partial charge >= 0.3 is 5.97 Å². The van der Waals surface area contributed by atoms with Crippen LogP contribution in [-0.4, -0.2) is 46.5 Å². The number of amides is 1. The highest BCUT2D eigenvalue weighted by Crippen LogP contribution is 2.32. The van der Waals surface area contributed by atoms with Crippen molar-refractivity contribution in [1.82, 2.24) is 5.32 Å². The molecule has 4 atom stereocenters. The van der Waals surface area contributed by atoms with Crippen LogP contribution in [0, 0.1) is 0 Å². The number of benzene rings is 1. The van der Waals surface area contributed by atoms with Gasteiger partial charge in [0.2, 0.25) is 5.91 Å². The molecule has 1 amide bonds. The van der Waals surface area contributed by atoms with Gasteiger partial charge in [-0.1, -0.05) is 43.4 Å². The molecule has 2 bridgehead atoms. The van der Waals surface area contributed by atoms with E-state index in [-0.39, 0.29) is 29.4 Å².